The van der Waals surface area contributed by atoms with E-state index in [-0.39, 0.29) is 23.7 Å². The molecule has 1 amide bonds. The summed E-state index contributed by atoms with van der Waals surface area (Å²) in [6, 6.07) is 17.2. The third kappa shape index (κ3) is 2.60. The van der Waals surface area contributed by atoms with Crippen LogP contribution >= 0.6 is 0 Å². The smallest absolute Gasteiger partial charge is 0.332 e. The second-order valence-electron chi connectivity index (χ2n) is 8.22. The summed E-state index contributed by atoms with van der Waals surface area (Å²) in [6.07, 6.45) is 4.92. The summed E-state index contributed by atoms with van der Waals surface area (Å²) in [6.45, 7) is 0. The first-order chi connectivity index (χ1) is 14.1. The molecule has 5 heteroatoms. The van der Waals surface area contributed by atoms with Crippen LogP contribution in [0, 0.1) is 11.8 Å². The van der Waals surface area contributed by atoms with E-state index in [1.54, 1.807) is 12.1 Å². The number of rotatable bonds is 4. The number of ether oxygens (including phenoxy) is 1. The SMILES string of the molecule is COC(=O)[C@]1(NC(=O)c2ccccc2)[C@@H]2CC[C@@H](C2)[C@H]1c1c[nH]c2ccccc12. The molecule has 148 valence electrons. The Labute approximate surface area is 169 Å². The molecule has 2 aliphatic rings. The van der Waals surface area contributed by atoms with Crippen LogP contribution in [0.2, 0.25) is 0 Å². The van der Waals surface area contributed by atoms with Crippen LogP contribution in [0.3, 0.4) is 0 Å². The second-order valence-corrected chi connectivity index (χ2v) is 8.22. The van der Waals surface area contributed by atoms with Crippen LogP contribution < -0.4 is 5.32 Å². The lowest BCUT2D eigenvalue weighted by Gasteiger charge is -2.42. The lowest BCUT2D eigenvalue weighted by molar-refractivity contribution is -0.151. The van der Waals surface area contributed by atoms with Gasteiger partial charge >= 0.3 is 5.97 Å². The van der Waals surface area contributed by atoms with Crippen molar-refractivity contribution in [1.29, 1.82) is 0 Å². The van der Waals surface area contributed by atoms with Crippen molar-refractivity contribution in [3.05, 3.63) is 71.9 Å². The van der Waals surface area contributed by atoms with E-state index in [1.807, 2.05) is 42.6 Å². The van der Waals surface area contributed by atoms with Crippen LogP contribution in [0.4, 0.5) is 0 Å². The number of aromatic amines is 1. The number of methoxy groups -OCH3 is 1. The first-order valence-corrected chi connectivity index (χ1v) is 10.2. The molecule has 2 aromatic carbocycles. The van der Waals surface area contributed by atoms with Gasteiger partial charge in [0.15, 0.2) is 0 Å². The molecule has 2 fully saturated rings. The molecular formula is C24H24N2O3. The highest BCUT2D eigenvalue weighted by Crippen LogP contribution is 2.60. The van der Waals surface area contributed by atoms with Crippen LogP contribution in [0.15, 0.2) is 60.8 Å². The monoisotopic (exact) mass is 388 g/mol. The van der Waals surface area contributed by atoms with E-state index >= 15 is 0 Å². The van der Waals surface area contributed by atoms with E-state index in [9.17, 15) is 9.59 Å². The molecule has 2 aliphatic carbocycles. The van der Waals surface area contributed by atoms with Gasteiger partial charge in [0.25, 0.3) is 5.91 Å². The van der Waals surface area contributed by atoms with Crippen molar-refractivity contribution in [2.75, 3.05) is 7.11 Å². The molecule has 2 bridgehead atoms. The molecule has 3 aromatic rings. The molecule has 0 unspecified atom stereocenters. The highest BCUT2D eigenvalue weighted by molar-refractivity contribution is 5.99. The zero-order chi connectivity index (χ0) is 20.0. The van der Waals surface area contributed by atoms with Crippen LogP contribution in [-0.4, -0.2) is 29.5 Å². The van der Waals surface area contributed by atoms with E-state index in [1.165, 1.54) is 7.11 Å². The number of aromatic nitrogens is 1. The van der Waals surface area contributed by atoms with Crippen molar-refractivity contribution < 1.29 is 14.3 Å². The van der Waals surface area contributed by atoms with Crippen molar-refractivity contribution in [2.24, 2.45) is 11.8 Å². The maximum atomic E-state index is 13.3. The molecule has 4 atom stereocenters. The molecule has 0 aliphatic heterocycles. The Hall–Kier alpha value is -3.08. The first-order valence-electron chi connectivity index (χ1n) is 10.2. The predicted molar refractivity (Wildman–Crippen MR) is 111 cm³/mol. The summed E-state index contributed by atoms with van der Waals surface area (Å²) < 4.78 is 5.30. The van der Waals surface area contributed by atoms with Crippen LogP contribution in [-0.2, 0) is 9.53 Å². The summed E-state index contributed by atoms with van der Waals surface area (Å²) >= 11 is 0. The molecule has 2 N–H and O–H groups in total. The van der Waals surface area contributed by atoms with Gasteiger partial charge in [0.05, 0.1) is 7.11 Å². The van der Waals surface area contributed by atoms with E-state index in [0.29, 0.717) is 11.5 Å². The number of esters is 1. The van der Waals surface area contributed by atoms with Crippen molar-refractivity contribution in [3.8, 4) is 0 Å². The Kier molecular flexibility index (Phi) is 4.19. The van der Waals surface area contributed by atoms with Crippen LogP contribution in [0.5, 0.6) is 0 Å². The number of hydrogen-bond donors (Lipinski definition) is 2. The number of H-pyrrole nitrogens is 1. The highest BCUT2D eigenvalue weighted by atomic mass is 16.5. The maximum absolute atomic E-state index is 13.3. The van der Waals surface area contributed by atoms with Gasteiger partial charge in [-0.1, -0.05) is 36.4 Å². The normalized spacial score (nSPS) is 27.8. The maximum Gasteiger partial charge on any atom is 0.332 e. The fourth-order valence-corrected chi connectivity index (χ4v) is 5.75. The number of nitrogens with one attached hydrogen (secondary N) is 2. The quantitative estimate of drug-likeness (QED) is 0.663. The molecule has 0 spiro atoms. The van der Waals surface area contributed by atoms with Crippen molar-refractivity contribution in [3.63, 3.8) is 0 Å². The minimum atomic E-state index is -1.05. The Morgan fingerprint density at radius 3 is 2.62 bits per heavy atom. The van der Waals surface area contributed by atoms with Gasteiger partial charge in [0.1, 0.15) is 5.54 Å². The lowest BCUT2D eigenvalue weighted by Crippen LogP contribution is -2.62. The summed E-state index contributed by atoms with van der Waals surface area (Å²) in [5, 5.41) is 4.27. The van der Waals surface area contributed by atoms with Gasteiger partial charge in [-0.25, -0.2) is 4.79 Å². The predicted octanol–water partition coefficient (Wildman–Crippen LogP) is 4.02. The summed E-state index contributed by atoms with van der Waals surface area (Å²) in [7, 11) is 1.41. The van der Waals surface area contributed by atoms with Crippen molar-refractivity contribution >= 4 is 22.8 Å². The molecule has 5 rings (SSSR count). The molecule has 2 saturated carbocycles. The Balaban J connectivity index is 1.64. The van der Waals surface area contributed by atoms with Crippen molar-refractivity contribution in [1.82, 2.24) is 10.3 Å². The molecule has 5 nitrogen and oxygen atoms in total. The molecule has 29 heavy (non-hydrogen) atoms. The van der Waals surface area contributed by atoms with Crippen molar-refractivity contribution in [2.45, 2.75) is 30.7 Å². The van der Waals surface area contributed by atoms with Gasteiger partial charge in [-0.2, -0.15) is 0 Å². The molecule has 0 radical (unpaired) electrons. The van der Waals surface area contributed by atoms with E-state index in [4.69, 9.17) is 4.74 Å². The molecule has 1 heterocycles. The van der Waals surface area contributed by atoms with Gasteiger partial charge in [-0.15, -0.1) is 0 Å². The van der Waals surface area contributed by atoms with Crippen LogP contribution in [0.25, 0.3) is 10.9 Å². The van der Waals surface area contributed by atoms with Gasteiger partial charge in [0, 0.05) is 28.6 Å². The Morgan fingerprint density at radius 1 is 1.07 bits per heavy atom. The minimum absolute atomic E-state index is 0.0753. The Morgan fingerprint density at radius 2 is 1.83 bits per heavy atom. The van der Waals surface area contributed by atoms with E-state index in [0.717, 1.165) is 35.7 Å². The van der Waals surface area contributed by atoms with E-state index in [2.05, 4.69) is 16.4 Å². The summed E-state index contributed by atoms with van der Waals surface area (Å²) in [4.78, 5) is 29.8. The number of hydrogen-bond acceptors (Lipinski definition) is 3. The fraction of sp³-hybridized carbons (Fsp3) is 0.333. The van der Waals surface area contributed by atoms with Gasteiger partial charge in [-0.3, -0.25) is 4.79 Å². The molecule has 1 aromatic heterocycles. The average Bonchev–Trinajstić information content (AvgIpc) is 3.48. The average molecular weight is 388 g/mol. The number of carbonyl (C=O) groups excluding carboxylic acids is 2. The summed E-state index contributed by atoms with van der Waals surface area (Å²) in [5.41, 5.74) is 1.64. The minimum Gasteiger partial charge on any atom is -0.467 e. The van der Waals surface area contributed by atoms with Crippen LogP contribution in [0.1, 0.15) is 41.1 Å². The first kappa shape index (κ1) is 18.0. The lowest BCUT2D eigenvalue weighted by atomic mass is 9.69. The molecule has 0 saturated heterocycles. The highest BCUT2D eigenvalue weighted by Gasteiger charge is 2.64. The summed E-state index contributed by atoms with van der Waals surface area (Å²) in [5.74, 6) is -0.268. The number of benzene rings is 2. The zero-order valence-electron chi connectivity index (χ0n) is 16.4. The number of para-hydroxylation sites is 1. The standard InChI is InChI=1S/C24H24N2O3/c1-29-23(28)24(26-22(27)15-7-3-2-4-8-15)17-12-11-16(13-17)21(24)19-14-25-20-10-6-5-9-18(19)20/h2-10,14,16-17,21,25H,11-13H2,1H3,(H,26,27)/t16-,17+,21-,24-/m0/s1. The van der Waals surface area contributed by atoms with Gasteiger partial charge < -0.3 is 15.0 Å². The third-order valence-electron chi connectivity index (χ3n) is 6.91. The molecular weight excluding hydrogens is 364 g/mol. The second kappa shape index (κ2) is 6.76. The Bertz CT molecular complexity index is 1070. The number of fused-ring (bicyclic) bond motifs is 3. The van der Waals surface area contributed by atoms with Gasteiger partial charge in [0.2, 0.25) is 0 Å². The third-order valence-corrected chi connectivity index (χ3v) is 6.91. The number of amides is 1. The zero-order valence-corrected chi connectivity index (χ0v) is 16.4. The van der Waals surface area contributed by atoms with E-state index < -0.39 is 5.54 Å². The van der Waals surface area contributed by atoms with Gasteiger partial charge in [-0.05, 0) is 54.9 Å². The topological polar surface area (TPSA) is 71.2 Å². The number of carbonyl (C=O) groups is 2. The fourth-order valence-electron chi connectivity index (χ4n) is 5.75. The largest absolute Gasteiger partial charge is 0.467 e.